The number of nitrogens with zero attached hydrogens (tertiary/aromatic N) is 3. The standard InChI is InChI=1S/C26H23ClN4O3/c1-17-8-6-9-19(14-17)16-30-25(33)23(24(32)28-18(2)20-10-4-3-5-11-20)29-31(26(30)34)22-13-7-12-21(27)15-22/h3-15,18H,16H2,1-2H3,(H,28,32)/t18-/m0/s1. The highest BCUT2D eigenvalue weighted by molar-refractivity contribution is 6.30. The fourth-order valence-electron chi connectivity index (χ4n) is 3.66. The van der Waals surface area contributed by atoms with Crippen molar-refractivity contribution in [1.29, 1.82) is 0 Å². The van der Waals surface area contributed by atoms with Crippen molar-refractivity contribution < 1.29 is 4.79 Å². The van der Waals surface area contributed by atoms with Gasteiger partial charge in [-0.3, -0.25) is 14.2 Å². The Bertz CT molecular complexity index is 1460. The number of aromatic nitrogens is 3. The predicted octanol–water partition coefficient (Wildman–Crippen LogP) is 3.90. The Hall–Kier alpha value is -3.97. The number of hydrogen-bond acceptors (Lipinski definition) is 4. The fraction of sp³-hybridized carbons (Fsp3) is 0.154. The number of carbonyl (C=O) groups excluding carboxylic acids is 1. The number of amides is 1. The van der Waals surface area contributed by atoms with Crippen LogP contribution in [0.3, 0.4) is 0 Å². The molecule has 0 unspecified atom stereocenters. The van der Waals surface area contributed by atoms with Crippen LogP contribution in [0, 0.1) is 6.92 Å². The fourth-order valence-corrected chi connectivity index (χ4v) is 3.84. The number of aryl methyl sites for hydroxylation is 1. The van der Waals surface area contributed by atoms with Gasteiger partial charge in [-0.1, -0.05) is 77.8 Å². The van der Waals surface area contributed by atoms with Gasteiger partial charge in [-0.2, -0.15) is 9.78 Å². The zero-order valence-electron chi connectivity index (χ0n) is 18.7. The number of hydrogen-bond donors (Lipinski definition) is 1. The van der Waals surface area contributed by atoms with Gasteiger partial charge in [0.05, 0.1) is 18.3 Å². The van der Waals surface area contributed by atoms with Crippen molar-refractivity contribution in [3.63, 3.8) is 0 Å². The van der Waals surface area contributed by atoms with Crippen molar-refractivity contribution in [3.05, 3.63) is 127 Å². The molecule has 7 nitrogen and oxygen atoms in total. The Balaban J connectivity index is 1.82. The molecule has 1 atom stereocenters. The molecule has 3 aromatic carbocycles. The maximum Gasteiger partial charge on any atom is 0.352 e. The highest BCUT2D eigenvalue weighted by Crippen LogP contribution is 2.14. The quantitative estimate of drug-likeness (QED) is 0.459. The van der Waals surface area contributed by atoms with E-state index in [-0.39, 0.29) is 18.3 Å². The largest absolute Gasteiger partial charge is 0.352 e. The van der Waals surface area contributed by atoms with Crippen molar-refractivity contribution in [1.82, 2.24) is 19.7 Å². The molecule has 1 aromatic heterocycles. The van der Waals surface area contributed by atoms with Gasteiger partial charge in [0.2, 0.25) is 5.69 Å². The number of carbonyl (C=O) groups is 1. The van der Waals surface area contributed by atoms with E-state index in [1.54, 1.807) is 24.3 Å². The van der Waals surface area contributed by atoms with Gasteiger partial charge in [-0.05, 0) is 43.2 Å². The normalized spacial score (nSPS) is 11.7. The zero-order chi connectivity index (χ0) is 24.2. The summed E-state index contributed by atoms with van der Waals surface area (Å²) in [6, 6.07) is 23.0. The summed E-state index contributed by atoms with van der Waals surface area (Å²) >= 11 is 6.11. The highest BCUT2D eigenvalue weighted by atomic mass is 35.5. The lowest BCUT2D eigenvalue weighted by molar-refractivity contribution is 0.0930. The molecule has 0 bridgehead atoms. The molecule has 4 aromatic rings. The van der Waals surface area contributed by atoms with E-state index in [1.165, 1.54) is 0 Å². The number of benzene rings is 3. The molecule has 0 aliphatic carbocycles. The number of rotatable bonds is 6. The summed E-state index contributed by atoms with van der Waals surface area (Å²) in [5.74, 6) is -0.671. The van der Waals surface area contributed by atoms with Crippen LogP contribution in [0.5, 0.6) is 0 Å². The van der Waals surface area contributed by atoms with Crippen LogP contribution >= 0.6 is 11.6 Å². The lowest BCUT2D eigenvalue weighted by atomic mass is 10.1. The monoisotopic (exact) mass is 474 g/mol. The maximum atomic E-state index is 13.3. The first-order chi connectivity index (χ1) is 16.3. The molecule has 4 rings (SSSR count). The van der Waals surface area contributed by atoms with Gasteiger partial charge in [0.25, 0.3) is 11.5 Å². The lowest BCUT2D eigenvalue weighted by Gasteiger charge is -2.16. The molecule has 1 heterocycles. The van der Waals surface area contributed by atoms with Crippen LogP contribution < -0.4 is 16.6 Å². The molecule has 0 saturated heterocycles. The minimum absolute atomic E-state index is 0.00302. The molecule has 0 spiro atoms. The first-order valence-electron chi connectivity index (χ1n) is 10.7. The molecule has 1 N–H and O–H groups in total. The van der Waals surface area contributed by atoms with Gasteiger partial charge in [-0.25, -0.2) is 4.79 Å². The van der Waals surface area contributed by atoms with Gasteiger partial charge in [0, 0.05) is 5.02 Å². The molecular formula is C26H23ClN4O3. The molecule has 0 aliphatic heterocycles. The van der Waals surface area contributed by atoms with Crippen LogP contribution in [0.25, 0.3) is 5.69 Å². The topological polar surface area (TPSA) is 86.0 Å². The van der Waals surface area contributed by atoms with E-state index in [2.05, 4.69) is 10.4 Å². The molecule has 8 heteroatoms. The van der Waals surface area contributed by atoms with Crippen LogP contribution in [-0.4, -0.2) is 20.3 Å². The Morgan fingerprint density at radius 3 is 2.44 bits per heavy atom. The first-order valence-corrected chi connectivity index (χ1v) is 11.1. The molecular weight excluding hydrogens is 452 g/mol. The Morgan fingerprint density at radius 2 is 1.74 bits per heavy atom. The number of nitrogens with one attached hydrogen (secondary N) is 1. The average Bonchev–Trinajstić information content (AvgIpc) is 2.82. The minimum Gasteiger partial charge on any atom is -0.344 e. The molecule has 0 saturated carbocycles. The summed E-state index contributed by atoms with van der Waals surface area (Å²) in [5.41, 5.74) is 1.16. The van der Waals surface area contributed by atoms with Gasteiger partial charge in [0.1, 0.15) is 0 Å². The van der Waals surface area contributed by atoms with E-state index in [4.69, 9.17) is 11.6 Å². The Kier molecular flexibility index (Phi) is 6.75. The van der Waals surface area contributed by atoms with E-state index in [0.29, 0.717) is 10.7 Å². The number of halogens is 1. The summed E-state index contributed by atoms with van der Waals surface area (Å²) < 4.78 is 2.05. The average molecular weight is 475 g/mol. The minimum atomic E-state index is -0.762. The van der Waals surface area contributed by atoms with Crippen LogP contribution in [0.1, 0.15) is 40.1 Å². The van der Waals surface area contributed by atoms with Gasteiger partial charge in [-0.15, -0.1) is 0 Å². The van der Waals surface area contributed by atoms with Crippen molar-refractivity contribution in [2.45, 2.75) is 26.4 Å². The lowest BCUT2D eigenvalue weighted by Crippen LogP contribution is -2.46. The maximum absolute atomic E-state index is 13.3. The van der Waals surface area contributed by atoms with Crippen molar-refractivity contribution in [2.75, 3.05) is 0 Å². The molecule has 0 radical (unpaired) electrons. The second kappa shape index (κ2) is 9.89. The van der Waals surface area contributed by atoms with E-state index >= 15 is 0 Å². The Labute approximate surface area is 201 Å². The predicted molar refractivity (Wildman–Crippen MR) is 132 cm³/mol. The SMILES string of the molecule is Cc1cccc(Cn2c(=O)c(C(=O)N[C@@H](C)c3ccccc3)nn(-c3cccc(Cl)c3)c2=O)c1. The van der Waals surface area contributed by atoms with E-state index in [0.717, 1.165) is 25.9 Å². The van der Waals surface area contributed by atoms with E-state index in [9.17, 15) is 14.4 Å². The second-order valence-electron chi connectivity index (χ2n) is 8.01. The third kappa shape index (κ3) is 5.00. The molecule has 0 aliphatic rings. The summed E-state index contributed by atoms with van der Waals surface area (Å²) in [7, 11) is 0. The van der Waals surface area contributed by atoms with Crippen LogP contribution in [0.15, 0.2) is 88.5 Å². The summed E-state index contributed by atoms with van der Waals surface area (Å²) in [5, 5.41) is 7.35. The van der Waals surface area contributed by atoms with Gasteiger partial charge >= 0.3 is 5.69 Å². The smallest absolute Gasteiger partial charge is 0.344 e. The summed E-state index contributed by atoms with van der Waals surface area (Å²) in [4.78, 5) is 39.7. The van der Waals surface area contributed by atoms with Crippen molar-refractivity contribution >= 4 is 17.5 Å². The van der Waals surface area contributed by atoms with E-state index in [1.807, 2.05) is 68.4 Å². The first kappa shape index (κ1) is 23.2. The van der Waals surface area contributed by atoms with Crippen LogP contribution in [-0.2, 0) is 6.54 Å². The molecule has 172 valence electrons. The van der Waals surface area contributed by atoms with Crippen LogP contribution in [0.2, 0.25) is 5.02 Å². The van der Waals surface area contributed by atoms with Crippen molar-refractivity contribution in [3.8, 4) is 5.69 Å². The third-order valence-electron chi connectivity index (χ3n) is 5.40. The Morgan fingerprint density at radius 1 is 1.00 bits per heavy atom. The second-order valence-corrected chi connectivity index (χ2v) is 8.45. The molecule has 34 heavy (non-hydrogen) atoms. The summed E-state index contributed by atoms with van der Waals surface area (Å²) in [6.07, 6.45) is 0. The molecule has 0 fully saturated rings. The van der Waals surface area contributed by atoms with Gasteiger partial charge < -0.3 is 5.32 Å². The molecule has 1 amide bonds. The highest BCUT2D eigenvalue weighted by Gasteiger charge is 2.22. The van der Waals surface area contributed by atoms with E-state index < -0.39 is 17.2 Å². The van der Waals surface area contributed by atoms with Crippen LogP contribution in [0.4, 0.5) is 0 Å². The zero-order valence-corrected chi connectivity index (χ0v) is 19.5. The third-order valence-corrected chi connectivity index (χ3v) is 5.63. The van der Waals surface area contributed by atoms with Gasteiger partial charge in [0.15, 0.2) is 0 Å². The van der Waals surface area contributed by atoms with Crippen molar-refractivity contribution in [2.24, 2.45) is 0 Å². The summed E-state index contributed by atoms with van der Waals surface area (Å²) in [6.45, 7) is 3.73.